The normalized spacial score (nSPS) is 30.0. The summed E-state index contributed by atoms with van der Waals surface area (Å²) in [7, 11) is 0. The van der Waals surface area contributed by atoms with Gasteiger partial charge < -0.3 is 0 Å². The molecule has 0 bridgehead atoms. The van der Waals surface area contributed by atoms with Gasteiger partial charge in [0.05, 0.1) is 0 Å². The summed E-state index contributed by atoms with van der Waals surface area (Å²) in [5.74, 6) is -3.71. The summed E-state index contributed by atoms with van der Waals surface area (Å²) >= 11 is 0. The first-order chi connectivity index (χ1) is 13.6. The van der Waals surface area contributed by atoms with E-state index in [1.54, 1.807) is 6.08 Å². The van der Waals surface area contributed by atoms with E-state index >= 15 is 0 Å². The smallest absolute Gasteiger partial charge is 0.170 e. The summed E-state index contributed by atoms with van der Waals surface area (Å²) in [6, 6.07) is 0. The van der Waals surface area contributed by atoms with Crippen molar-refractivity contribution in [2.75, 3.05) is 0 Å². The van der Waals surface area contributed by atoms with Gasteiger partial charge in [0.15, 0.2) is 5.41 Å². The molecule has 30 heavy (non-hydrogen) atoms. The van der Waals surface area contributed by atoms with Crippen LogP contribution in [-0.2, 0) is 0 Å². The van der Waals surface area contributed by atoms with Gasteiger partial charge in [0.2, 0.25) is 0 Å². The van der Waals surface area contributed by atoms with E-state index in [0.29, 0.717) is 32.1 Å². The molecule has 2 aliphatic rings. The Morgan fingerprint density at radius 1 is 0.867 bits per heavy atom. The standard InChI is InChI=1S/C24H36F6/c1-6-8-17-10-14-21(4,5)16-12-19(17)22(23(25,26)27,24(28,29)30)18-9-7-13-20(2,3)15-11-18/h9,13,17-19H,6,8,10-12,14-16H2,1-5H3. The Morgan fingerprint density at radius 3 is 1.97 bits per heavy atom. The van der Waals surface area contributed by atoms with Gasteiger partial charge in [-0.2, -0.15) is 26.3 Å². The second kappa shape index (κ2) is 8.56. The summed E-state index contributed by atoms with van der Waals surface area (Å²) in [4.78, 5) is 0. The van der Waals surface area contributed by atoms with Gasteiger partial charge >= 0.3 is 12.4 Å². The quantitative estimate of drug-likeness (QED) is 0.234. The molecule has 0 aliphatic heterocycles. The lowest BCUT2D eigenvalue weighted by molar-refractivity contribution is -0.378. The monoisotopic (exact) mass is 438 g/mol. The van der Waals surface area contributed by atoms with Gasteiger partial charge in [-0.1, -0.05) is 47.5 Å². The van der Waals surface area contributed by atoms with Crippen molar-refractivity contribution in [1.29, 1.82) is 0 Å². The molecule has 2 aliphatic carbocycles. The Kier molecular flexibility index (Phi) is 7.24. The van der Waals surface area contributed by atoms with E-state index in [0.717, 1.165) is 6.08 Å². The van der Waals surface area contributed by atoms with E-state index < -0.39 is 40.9 Å². The minimum atomic E-state index is -5.38. The first-order valence-corrected chi connectivity index (χ1v) is 11.1. The molecule has 0 aromatic heterocycles. The van der Waals surface area contributed by atoms with Gasteiger partial charge in [-0.15, -0.1) is 5.73 Å². The van der Waals surface area contributed by atoms with Crippen molar-refractivity contribution in [3.8, 4) is 0 Å². The second-order valence-electron chi connectivity index (χ2n) is 10.9. The zero-order valence-electron chi connectivity index (χ0n) is 18.8. The van der Waals surface area contributed by atoms with Crippen molar-refractivity contribution in [2.45, 2.75) is 98.3 Å². The highest BCUT2D eigenvalue weighted by Gasteiger charge is 2.76. The Balaban J connectivity index is 2.69. The predicted molar refractivity (Wildman–Crippen MR) is 108 cm³/mol. The minimum Gasteiger partial charge on any atom is -0.170 e. The van der Waals surface area contributed by atoms with Gasteiger partial charge in [-0.05, 0) is 73.3 Å². The molecular weight excluding hydrogens is 402 g/mol. The summed E-state index contributed by atoms with van der Waals surface area (Å²) < 4.78 is 88.4. The maximum Gasteiger partial charge on any atom is 0.404 e. The van der Waals surface area contributed by atoms with Crippen LogP contribution in [0.25, 0.3) is 0 Å². The van der Waals surface area contributed by atoms with Gasteiger partial charge in [0.1, 0.15) is 0 Å². The molecule has 0 radical (unpaired) electrons. The Labute approximate surface area is 177 Å². The van der Waals surface area contributed by atoms with Gasteiger partial charge in [0.25, 0.3) is 0 Å². The van der Waals surface area contributed by atoms with E-state index in [-0.39, 0.29) is 24.7 Å². The van der Waals surface area contributed by atoms with Crippen LogP contribution in [0.2, 0.25) is 0 Å². The fraction of sp³-hybridized carbons (Fsp3) is 0.875. The molecule has 0 saturated heterocycles. The molecule has 0 heterocycles. The van der Waals surface area contributed by atoms with Crippen LogP contribution in [0.5, 0.6) is 0 Å². The maximum atomic E-state index is 14.7. The van der Waals surface area contributed by atoms with Crippen LogP contribution in [-0.4, -0.2) is 12.4 Å². The van der Waals surface area contributed by atoms with Crippen LogP contribution in [0, 0.1) is 34.0 Å². The Morgan fingerprint density at radius 2 is 1.43 bits per heavy atom. The molecule has 3 unspecified atom stereocenters. The van der Waals surface area contributed by atoms with Gasteiger partial charge in [-0.25, -0.2) is 0 Å². The van der Waals surface area contributed by atoms with Gasteiger partial charge in [-0.3, -0.25) is 0 Å². The molecular formula is C24H36F6. The number of hydrogen-bond acceptors (Lipinski definition) is 0. The molecule has 0 aromatic carbocycles. The molecule has 6 heteroatoms. The molecule has 0 aromatic rings. The van der Waals surface area contributed by atoms with E-state index in [4.69, 9.17) is 0 Å². The number of hydrogen-bond donors (Lipinski definition) is 0. The van der Waals surface area contributed by atoms with E-state index in [1.165, 1.54) is 0 Å². The van der Waals surface area contributed by atoms with Crippen LogP contribution in [0.1, 0.15) is 86.0 Å². The molecule has 0 N–H and O–H groups in total. The van der Waals surface area contributed by atoms with Crippen molar-refractivity contribution < 1.29 is 26.3 Å². The van der Waals surface area contributed by atoms with Crippen molar-refractivity contribution in [1.82, 2.24) is 0 Å². The first-order valence-electron chi connectivity index (χ1n) is 11.1. The van der Waals surface area contributed by atoms with Gasteiger partial charge in [0, 0.05) is 5.92 Å². The third-order valence-corrected chi connectivity index (χ3v) is 7.53. The number of allylic oxidation sites excluding steroid dienone is 1. The molecule has 1 fully saturated rings. The number of alkyl halides is 6. The lowest BCUT2D eigenvalue weighted by Gasteiger charge is -2.49. The summed E-state index contributed by atoms with van der Waals surface area (Å²) in [6.07, 6.45) is -5.56. The molecule has 0 nitrogen and oxygen atoms in total. The molecule has 0 spiro atoms. The topological polar surface area (TPSA) is 0 Å². The van der Waals surface area contributed by atoms with Crippen LogP contribution in [0.3, 0.4) is 0 Å². The zero-order chi connectivity index (χ0) is 23.0. The predicted octanol–water partition coefficient (Wildman–Crippen LogP) is 8.88. The Hall–Kier alpha value is -0.900. The average molecular weight is 439 g/mol. The average Bonchev–Trinajstić information content (AvgIpc) is 2.82. The highest BCUT2D eigenvalue weighted by molar-refractivity contribution is 5.13. The number of rotatable bonds is 4. The van der Waals surface area contributed by atoms with Crippen molar-refractivity contribution in [3.63, 3.8) is 0 Å². The first kappa shape index (κ1) is 25.4. The number of halogens is 6. The van der Waals surface area contributed by atoms with Crippen LogP contribution >= 0.6 is 0 Å². The second-order valence-corrected chi connectivity index (χ2v) is 10.9. The van der Waals surface area contributed by atoms with Crippen LogP contribution in [0.4, 0.5) is 26.3 Å². The van der Waals surface area contributed by atoms with E-state index in [2.05, 4.69) is 5.73 Å². The zero-order valence-corrected chi connectivity index (χ0v) is 18.8. The fourth-order valence-corrected chi connectivity index (χ4v) is 5.71. The van der Waals surface area contributed by atoms with Crippen LogP contribution < -0.4 is 0 Å². The lowest BCUT2D eigenvalue weighted by atomic mass is 9.57. The maximum absolute atomic E-state index is 14.7. The van der Waals surface area contributed by atoms with Crippen molar-refractivity contribution >= 4 is 0 Å². The minimum absolute atomic E-state index is 0.0475. The van der Waals surface area contributed by atoms with Crippen LogP contribution in [0.15, 0.2) is 17.9 Å². The molecule has 1 saturated carbocycles. The molecule has 174 valence electrons. The van der Waals surface area contributed by atoms with E-state index in [9.17, 15) is 26.3 Å². The van der Waals surface area contributed by atoms with E-state index in [1.807, 2.05) is 34.6 Å². The summed E-state index contributed by atoms with van der Waals surface area (Å²) in [6.45, 7) is 9.41. The third-order valence-electron chi connectivity index (χ3n) is 7.53. The lowest BCUT2D eigenvalue weighted by Crippen LogP contribution is -2.60. The summed E-state index contributed by atoms with van der Waals surface area (Å²) in [5, 5.41) is 0. The highest BCUT2D eigenvalue weighted by Crippen LogP contribution is 2.65. The van der Waals surface area contributed by atoms with Crippen molar-refractivity contribution in [3.05, 3.63) is 17.9 Å². The fourth-order valence-electron chi connectivity index (χ4n) is 5.71. The largest absolute Gasteiger partial charge is 0.404 e. The molecule has 0 amide bonds. The SMILES string of the molecule is CCCC1CCC(C)(C)CCC1C(C1C=C=CC(C)(C)CC1)(C(F)(F)F)C(F)(F)F. The third kappa shape index (κ3) is 4.95. The summed E-state index contributed by atoms with van der Waals surface area (Å²) in [5.41, 5.74) is -1.74. The highest BCUT2D eigenvalue weighted by atomic mass is 19.4. The molecule has 3 atom stereocenters. The molecule has 2 rings (SSSR count). The van der Waals surface area contributed by atoms with Crippen molar-refractivity contribution in [2.24, 2.45) is 34.0 Å². The Bertz CT molecular complexity index is 632.